The van der Waals surface area contributed by atoms with Gasteiger partial charge in [-0.1, -0.05) is 24.3 Å². The van der Waals surface area contributed by atoms with Crippen molar-refractivity contribution in [2.45, 2.75) is 31.2 Å². The first-order chi connectivity index (χ1) is 11.4. The third-order valence-corrected chi connectivity index (χ3v) is 5.84. The van der Waals surface area contributed by atoms with Gasteiger partial charge < -0.3 is 4.90 Å². The molecular formula is C18H20N2O3S. The number of carbonyl (C=O) groups is 1. The normalized spacial score (nSPS) is 18.2. The van der Waals surface area contributed by atoms with E-state index in [-0.39, 0.29) is 17.2 Å². The Morgan fingerprint density at radius 2 is 1.75 bits per heavy atom. The summed E-state index contributed by atoms with van der Waals surface area (Å²) >= 11 is 0. The fraction of sp³-hybridized carbons (Fsp3) is 0.278. The number of benzene rings is 2. The number of hydrogen-bond acceptors (Lipinski definition) is 3. The maximum absolute atomic E-state index is 12.4. The van der Waals surface area contributed by atoms with Gasteiger partial charge in [-0.15, -0.1) is 0 Å². The van der Waals surface area contributed by atoms with Crippen molar-refractivity contribution in [2.75, 3.05) is 11.4 Å². The van der Waals surface area contributed by atoms with Crippen LogP contribution < -0.4 is 9.62 Å². The van der Waals surface area contributed by atoms with Gasteiger partial charge in [0, 0.05) is 24.7 Å². The predicted molar refractivity (Wildman–Crippen MR) is 93.4 cm³/mol. The van der Waals surface area contributed by atoms with Crippen LogP contribution in [0.15, 0.2) is 53.4 Å². The van der Waals surface area contributed by atoms with E-state index < -0.39 is 16.1 Å². The summed E-state index contributed by atoms with van der Waals surface area (Å²) in [5, 5.41) is 0. The van der Waals surface area contributed by atoms with Crippen LogP contribution in [-0.2, 0) is 14.8 Å². The van der Waals surface area contributed by atoms with E-state index in [2.05, 4.69) is 4.72 Å². The molecule has 1 amide bonds. The SMILES string of the molecule is Cc1ccc(N2C[C@@H](NS(=O)(=O)c3ccccc3)CC2=O)cc1C. The molecule has 1 N–H and O–H groups in total. The molecule has 1 heterocycles. The second-order valence-electron chi connectivity index (χ2n) is 6.11. The molecule has 5 nitrogen and oxygen atoms in total. The lowest BCUT2D eigenvalue weighted by atomic mass is 10.1. The smallest absolute Gasteiger partial charge is 0.240 e. The van der Waals surface area contributed by atoms with Gasteiger partial charge in [-0.25, -0.2) is 13.1 Å². The Kier molecular flexibility index (Phi) is 4.43. The van der Waals surface area contributed by atoms with Gasteiger partial charge in [0.15, 0.2) is 0 Å². The number of carbonyl (C=O) groups excluding carboxylic acids is 1. The predicted octanol–water partition coefficient (Wildman–Crippen LogP) is 2.39. The van der Waals surface area contributed by atoms with Crippen LogP contribution in [0.3, 0.4) is 0 Å². The minimum atomic E-state index is -3.62. The lowest BCUT2D eigenvalue weighted by Gasteiger charge is -2.18. The molecule has 1 saturated heterocycles. The van der Waals surface area contributed by atoms with Crippen molar-refractivity contribution in [1.29, 1.82) is 0 Å². The Labute approximate surface area is 142 Å². The van der Waals surface area contributed by atoms with Gasteiger partial charge in [0.25, 0.3) is 0 Å². The van der Waals surface area contributed by atoms with Crippen LogP contribution in [0.1, 0.15) is 17.5 Å². The minimum absolute atomic E-state index is 0.0704. The minimum Gasteiger partial charge on any atom is -0.311 e. The molecule has 2 aromatic carbocycles. The molecule has 0 unspecified atom stereocenters. The van der Waals surface area contributed by atoms with Crippen molar-refractivity contribution in [2.24, 2.45) is 0 Å². The van der Waals surface area contributed by atoms with Crippen molar-refractivity contribution in [3.63, 3.8) is 0 Å². The molecule has 24 heavy (non-hydrogen) atoms. The number of rotatable bonds is 4. The summed E-state index contributed by atoms with van der Waals surface area (Å²) in [6.45, 7) is 4.35. The van der Waals surface area contributed by atoms with E-state index in [0.717, 1.165) is 16.8 Å². The Hall–Kier alpha value is -2.18. The molecule has 1 aliphatic heterocycles. The van der Waals surface area contributed by atoms with Gasteiger partial charge in [0.2, 0.25) is 15.9 Å². The molecule has 126 valence electrons. The average molecular weight is 344 g/mol. The lowest BCUT2D eigenvalue weighted by molar-refractivity contribution is -0.117. The molecule has 0 aliphatic carbocycles. The number of aryl methyl sites for hydroxylation is 2. The highest BCUT2D eigenvalue weighted by Gasteiger charge is 2.33. The van der Waals surface area contributed by atoms with Crippen molar-refractivity contribution in [1.82, 2.24) is 4.72 Å². The quantitative estimate of drug-likeness (QED) is 0.926. The molecule has 0 radical (unpaired) electrons. The molecule has 1 aliphatic rings. The largest absolute Gasteiger partial charge is 0.311 e. The number of amides is 1. The Balaban J connectivity index is 1.76. The third-order valence-electron chi connectivity index (χ3n) is 4.30. The summed E-state index contributed by atoms with van der Waals surface area (Å²) in [6.07, 6.45) is 0.166. The highest BCUT2D eigenvalue weighted by atomic mass is 32.2. The van der Waals surface area contributed by atoms with E-state index in [0.29, 0.717) is 6.54 Å². The summed E-state index contributed by atoms with van der Waals surface area (Å²) in [7, 11) is -3.62. The fourth-order valence-corrected chi connectivity index (χ4v) is 4.06. The van der Waals surface area contributed by atoms with Gasteiger partial charge in [-0.3, -0.25) is 4.79 Å². The van der Waals surface area contributed by atoms with E-state index in [1.165, 1.54) is 0 Å². The molecule has 3 rings (SSSR count). The molecule has 0 aromatic heterocycles. The zero-order valence-corrected chi connectivity index (χ0v) is 14.5. The number of nitrogens with one attached hydrogen (secondary N) is 1. The van der Waals surface area contributed by atoms with E-state index in [1.54, 1.807) is 35.2 Å². The van der Waals surface area contributed by atoms with Crippen LogP contribution in [0.2, 0.25) is 0 Å². The Morgan fingerprint density at radius 1 is 1.04 bits per heavy atom. The van der Waals surface area contributed by atoms with Gasteiger partial charge >= 0.3 is 0 Å². The van der Waals surface area contributed by atoms with Crippen molar-refractivity contribution in [3.05, 3.63) is 59.7 Å². The second kappa shape index (κ2) is 6.37. The average Bonchev–Trinajstić information content (AvgIpc) is 2.90. The number of sulfonamides is 1. The first kappa shape index (κ1) is 16.7. The molecule has 0 spiro atoms. The van der Waals surface area contributed by atoms with E-state index in [1.807, 2.05) is 32.0 Å². The van der Waals surface area contributed by atoms with E-state index >= 15 is 0 Å². The number of hydrogen-bond donors (Lipinski definition) is 1. The van der Waals surface area contributed by atoms with Crippen molar-refractivity contribution >= 4 is 21.6 Å². The summed E-state index contributed by atoms with van der Waals surface area (Å²) < 4.78 is 27.4. The summed E-state index contributed by atoms with van der Waals surface area (Å²) in [6, 6.07) is 13.6. The maximum atomic E-state index is 12.4. The van der Waals surface area contributed by atoms with Gasteiger partial charge in [0.05, 0.1) is 4.90 Å². The Bertz CT molecular complexity index is 863. The molecule has 0 saturated carbocycles. The summed E-state index contributed by atoms with van der Waals surface area (Å²) in [4.78, 5) is 14.1. The maximum Gasteiger partial charge on any atom is 0.240 e. The fourth-order valence-electron chi connectivity index (χ4n) is 2.82. The van der Waals surface area contributed by atoms with E-state index in [4.69, 9.17) is 0 Å². The zero-order chi connectivity index (χ0) is 17.3. The molecule has 0 bridgehead atoms. The summed E-state index contributed by atoms with van der Waals surface area (Å²) in [5.41, 5.74) is 3.07. The van der Waals surface area contributed by atoms with Gasteiger partial charge in [-0.2, -0.15) is 0 Å². The first-order valence-electron chi connectivity index (χ1n) is 7.82. The molecule has 6 heteroatoms. The van der Waals surface area contributed by atoms with Crippen LogP contribution >= 0.6 is 0 Å². The number of anilines is 1. The molecule has 1 atom stereocenters. The molecular weight excluding hydrogens is 324 g/mol. The highest BCUT2D eigenvalue weighted by molar-refractivity contribution is 7.89. The summed E-state index contributed by atoms with van der Waals surface area (Å²) in [5.74, 6) is -0.0704. The van der Waals surface area contributed by atoms with Crippen molar-refractivity contribution < 1.29 is 13.2 Å². The zero-order valence-electron chi connectivity index (χ0n) is 13.7. The van der Waals surface area contributed by atoms with Crippen LogP contribution in [-0.4, -0.2) is 26.9 Å². The van der Waals surface area contributed by atoms with Crippen LogP contribution in [0.4, 0.5) is 5.69 Å². The van der Waals surface area contributed by atoms with Crippen LogP contribution in [0.5, 0.6) is 0 Å². The van der Waals surface area contributed by atoms with Gasteiger partial charge in [0.1, 0.15) is 0 Å². The molecule has 2 aromatic rings. The standard InChI is InChI=1S/C18H20N2O3S/c1-13-8-9-16(10-14(13)2)20-12-15(11-18(20)21)19-24(22,23)17-6-4-3-5-7-17/h3-10,15,19H,11-12H2,1-2H3/t15-/m0/s1. The second-order valence-corrected chi connectivity index (χ2v) is 7.82. The van der Waals surface area contributed by atoms with Crippen LogP contribution in [0, 0.1) is 13.8 Å². The molecule has 1 fully saturated rings. The van der Waals surface area contributed by atoms with Crippen LogP contribution in [0.25, 0.3) is 0 Å². The third kappa shape index (κ3) is 3.34. The topological polar surface area (TPSA) is 66.5 Å². The van der Waals surface area contributed by atoms with Gasteiger partial charge in [-0.05, 0) is 49.2 Å². The Morgan fingerprint density at radius 3 is 2.42 bits per heavy atom. The van der Waals surface area contributed by atoms with Crippen molar-refractivity contribution in [3.8, 4) is 0 Å². The first-order valence-corrected chi connectivity index (χ1v) is 9.30. The highest BCUT2D eigenvalue weighted by Crippen LogP contribution is 2.24. The monoisotopic (exact) mass is 344 g/mol. The van der Waals surface area contributed by atoms with E-state index in [9.17, 15) is 13.2 Å². The number of nitrogens with zero attached hydrogens (tertiary/aromatic N) is 1. The lowest BCUT2D eigenvalue weighted by Crippen LogP contribution is -2.37.